The van der Waals surface area contributed by atoms with Crippen molar-refractivity contribution in [3.8, 4) is 0 Å². The maximum atomic E-state index is 10.3. The van der Waals surface area contributed by atoms with Gasteiger partial charge in [0.15, 0.2) is 0 Å². The largest absolute Gasteiger partial charge is 0.481 e. The van der Waals surface area contributed by atoms with E-state index in [-0.39, 0.29) is 6.42 Å². The highest BCUT2D eigenvalue weighted by atomic mass is 16.4. The molecule has 2 N–H and O–H groups in total. The third-order valence-electron chi connectivity index (χ3n) is 3.18. The highest BCUT2D eigenvalue weighted by molar-refractivity contribution is 5.66. The summed E-state index contributed by atoms with van der Waals surface area (Å²) >= 11 is 0. The lowest BCUT2D eigenvalue weighted by atomic mass is 10.2. The van der Waals surface area contributed by atoms with E-state index < -0.39 is 5.97 Å². The first-order chi connectivity index (χ1) is 9.68. The second-order valence-electron chi connectivity index (χ2n) is 5.18. The summed E-state index contributed by atoms with van der Waals surface area (Å²) < 4.78 is 0. The molecule has 0 aliphatic rings. The second kappa shape index (κ2) is 10.4. The van der Waals surface area contributed by atoms with Crippen molar-refractivity contribution in [2.24, 2.45) is 0 Å². The predicted molar refractivity (Wildman–Crippen MR) is 81.7 cm³/mol. The zero-order valence-corrected chi connectivity index (χ0v) is 12.3. The van der Waals surface area contributed by atoms with E-state index in [0.717, 1.165) is 45.4 Å². The minimum Gasteiger partial charge on any atom is -0.481 e. The summed E-state index contributed by atoms with van der Waals surface area (Å²) in [4.78, 5) is 12.7. The van der Waals surface area contributed by atoms with E-state index in [9.17, 15) is 4.79 Å². The van der Waals surface area contributed by atoms with Crippen LogP contribution in [0.4, 0.5) is 0 Å². The molecule has 1 rings (SSSR count). The van der Waals surface area contributed by atoms with E-state index in [4.69, 9.17) is 5.11 Å². The lowest BCUT2D eigenvalue weighted by Crippen LogP contribution is -2.24. The van der Waals surface area contributed by atoms with Gasteiger partial charge in [-0.3, -0.25) is 4.79 Å². The summed E-state index contributed by atoms with van der Waals surface area (Å²) in [6.45, 7) is 3.96. The summed E-state index contributed by atoms with van der Waals surface area (Å²) in [7, 11) is 2.14. The Morgan fingerprint density at radius 3 is 2.55 bits per heavy atom. The topological polar surface area (TPSA) is 52.6 Å². The minimum absolute atomic E-state index is 0.279. The number of nitrogens with one attached hydrogen (secondary N) is 1. The standard InChI is InChI=1S/C16H26N2O2/c1-18(14-15-8-3-2-4-9-15)13-7-12-17-11-6-5-10-16(19)20/h2-4,8-9,17H,5-7,10-14H2,1H3,(H,19,20). The van der Waals surface area contributed by atoms with E-state index in [0.29, 0.717) is 0 Å². The Morgan fingerprint density at radius 2 is 1.85 bits per heavy atom. The van der Waals surface area contributed by atoms with Crippen LogP contribution in [-0.4, -0.2) is 42.7 Å². The van der Waals surface area contributed by atoms with E-state index in [2.05, 4.69) is 41.5 Å². The van der Waals surface area contributed by atoms with Crippen LogP contribution in [0.15, 0.2) is 30.3 Å². The fourth-order valence-corrected chi connectivity index (χ4v) is 2.10. The molecule has 0 fully saturated rings. The number of carbonyl (C=O) groups is 1. The zero-order valence-electron chi connectivity index (χ0n) is 12.3. The number of benzene rings is 1. The van der Waals surface area contributed by atoms with Crippen molar-refractivity contribution in [1.29, 1.82) is 0 Å². The van der Waals surface area contributed by atoms with Crippen LogP contribution in [0.2, 0.25) is 0 Å². The number of unbranched alkanes of at least 4 members (excludes halogenated alkanes) is 1. The van der Waals surface area contributed by atoms with Gasteiger partial charge in [-0.1, -0.05) is 30.3 Å². The molecular weight excluding hydrogens is 252 g/mol. The SMILES string of the molecule is CN(CCCNCCCCC(=O)O)Cc1ccccc1. The van der Waals surface area contributed by atoms with Gasteiger partial charge in [0, 0.05) is 13.0 Å². The van der Waals surface area contributed by atoms with Crippen molar-refractivity contribution in [2.45, 2.75) is 32.2 Å². The zero-order chi connectivity index (χ0) is 14.6. The second-order valence-corrected chi connectivity index (χ2v) is 5.18. The fraction of sp³-hybridized carbons (Fsp3) is 0.562. The van der Waals surface area contributed by atoms with Crippen molar-refractivity contribution in [2.75, 3.05) is 26.7 Å². The molecule has 0 aliphatic carbocycles. The Bertz CT molecular complexity index is 368. The van der Waals surface area contributed by atoms with Crippen molar-refractivity contribution >= 4 is 5.97 Å². The number of rotatable bonds is 11. The van der Waals surface area contributed by atoms with Gasteiger partial charge in [0.1, 0.15) is 0 Å². The van der Waals surface area contributed by atoms with Crippen LogP contribution in [0.25, 0.3) is 0 Å². The molecule has 0 saturated heterocycles. The first-order valence-corrected chi connectivity index (χ1v) is 7.33. The average molecular weight is 278 g/mol. The minimum atomic E-state index is -0.701. The molecule has 0 aromatic heterocycles. The van der Waals surface area contributed by atoms with Crippen LogP contribution in [0.5, 0.6) is 0 Å². The monoisotopic (exact) mass is 278 g/mol. The van der Waals surface area contributed by atoms with Gasteiger partial charge in [-0.05, 0) is 51.5 Å². The molecule has 0 aliphatic heterocycles. The Hall–Kier alpha value is -1.39. The quantitative estimate of drug-likeness (QED) is 0.610. The van der Waals surface area contributed by atoms with E-state index in [1.807, 2.05) is 6.07 Å². The smallest absolute Gasteiger partial charge is 0.303 e. The van der Waals surface area contributed by atoms with Crippen LogP contribution < -0.4 is 5.32 Å². The lowest BCUT2D eigenvalue weighted by Gasteiger charge is -2.16. The summed E-state index contributed by atoms with van der Waals surface area (Å²) in [5.41, 5.74) is 1.34. The third kappa shape index (κ3) is 8.67. The molecule has 1 aromatic rings. The number of hydrogen-bond donors (Lipinski definition) is 2. The molecule has 0 atom stereocenters. The molecule has 112 valence electrons. The van der Waals surface area contributed by atoms with E-state index >= 15 is 0 Å². The molecular formula is C16H26N2O2. The molecule has 4 nitrogen and oxygen atoms in total. The number of nitrogens with zero attached hydrogens (tertiary/aromatic N) is 1. The average Bonchev–Trinajstić information content (AvgIpc) is 2.42. The normalized spacial score (nSPS) is 10.9. The van der Waals surface area contributed by atoms with Crippen molar-refractivity contribution in [3.63, 3.8) is 0 Å². The lowest BCUT2D eigenvalue weighted by molar-refractivity contribution is -0.137. The highest BCUT2D eigenvalue weighted by Crippen LogP contribution is 2.02. The van der Waals surface area contributed by atoms with Crippen molar-refractivity contribution in [1.82, 2.24) is 10.2 Å². The Kier molecular flexibility index (Phi) is 8.67. The Balaban J connectivity index is 1.94. The van der Waals surface area contributed by atoms with Crippen LogP contribution in [0, 0.1) is 0 Å². The molecule has 0 unspecified atom stereocenters. The van der Waals surface area contributed by atoms with Gasteiger partial charge in [-0.25, -0.2) is 0 Å². The molecule has 1 aromatic carbocycles. The third-order valence-corrected chi connectivity index (χ3v) is 3.18. The van der Waals surface area contributed by atoms with Gasteiger partial charge in [-0.15, -0.1) is 0 Å². The maximum absolute atomic E-state index is 10.3. The van der Waals surface area contributed by atoms with Gasteiger partial charge in [-0.2, -0.15) is 0 Å². The van der Waals surface area contributed by atoms with E-state index in [1.54, 1.807) is 0 Å². The summed E-state index contributed by atoms with van der Waals surface area (Å²) in [5, 5.41) is 11.9. The van der Waals surface area contributed by atoms with Crippen LogP contribution >= 0.6 is 0 Å². The number of carboxylic acid groups (broad SMARTS) is 1. The van der Waals surface area contributed by atoms with Gasteiger partial charge in [0.2, 0.25) is 0 Å². The summed E-state index contributed by atoms with van der Waals surface area (Å²) in [5.74, 6) is -0.701. The van der Waals surface area contributed by atoms with Crippen LogP contribution in [0.1, 0.15) is 31.2 Å². The summed E-state index contributed by atoms with van der Waals surface area (Å²) in [6, 6.07) is 10.5. The maximum Gasteiger partial charge on any atom is 0.303 e. The predicted octanol–water partition coefficient (Wildman–Crippen LogP) is 2.35. The molecule has 0 saturated carbocycles. The van der Waals surface area contributed by atoms with E-state index in [1.165, 1.54) is 5.56 Å². The molecule has 0 amide bonds. The van der Waals surface area contributed by atoms with Crippen molar-refractivity contribution < 1.29 is 9.90 Å². The Labute approximate surface area is 121 Å². The van der Waals surface area contributed by atoms with Gasteiger partial charge in [0.25, 0.3) is 0 Å². The van der Waals surface area contributed by atoms with Crippen LogP contribution in [0.3, 0.4) is 0 Å². The van der Waals surface area contributed by atoms with Gasteiger partial charge in [0.05, 0.1) is 0 Å². The first kappa shape index (κ1) is 16.7. The molecule has 0 heterocycles. The first-order valence-electron chi connectivity index (χ1n) is 7.33. The Morgan fingerprint density at radius 1 is 1.15 bits per heavy atom. The molecule has 0 bridgehead atoms. The van der Waals surface area contributed by atoms with Gasteiger partial charge < -0.3 is 15.3 Å². The summed E-state index contributed by atoms with van der Waals surface area (Å²) in [6.07, 6.45) is 3.09. The number of aliphatic carboxylic acids is 1. The van der Waals surface area contributed by atoms with Crippen molar-refractivity contribution in [3.05, 3.63) is 35.9 Å². The molecule has 0 radical (unpaired) electrons. The van der Waals surface area contributed by atoms with Gasteiger partial charge >= 0.3 is 5.97 Å². The number of hydrogen-bond acceptors (Lipinski definition) is 3. The molecule has 0 spiro atoms. The highest BCUT2D eigenvalue weighted by Gasteiger charge is 2.00. The van der Waals surface area contributed by atoms with Crippen LogP contribution in [-0.2, 0) is 11.3 Å². The molecule has 4 heteroatoms. The molecule has 20 heavy (non-hydrogen) atoms. The fourth-order valence-electron chi connectivity index (χ4n) is 2.10. The number of carboxylic acids is 1.